The molecule has 0 aliphatic heterocycles. The minimum absolute atomic E-state index is 0.0281. The average molecular weight is 304 g/mol. The van der Waals surface area contributed by atoms with Crippen LogP contribution in [0, 0.1) is 0 Å². The van der Waals surface area contributed by atoms with Gasteiger partial charge >= 0.3 is 0 Å². The molecule has 19 heavy (non-hydrogen) atoms. The molecule has 1 saturated carbocycles. The first-order chi connectivity index (χ1) is 9.06. The van der Waals surface area contributed by atoms with Crippen molar-refractivity contribution in [2.75, 3.05) is 13.3 Å². The lowest BCUT2D eigenvalue weighted by molar-refractivity contribution is 0.388. The Morgan fingerprint density at radius 3 is 2.89 bits per heavy atom. The summed E-state index contributed by atoms with van der Waals surface area (Å²) < 4.78 is 30.7. The minimum Gasteiger partial charge on any atom is -0.447 e. The summed E-state index contributed by atoms with van der Waals surface area (Å²) in [5.74, 6) is 0.653. The van der Waals surface area contributed by atoms with Crippen LogP contribution >= 0.6 is 11.8 Å². The molecule has 0 saturated heterocycles. The van der Waals surface area contributed by atoms with Gasteiger partial charge in [0.05, 0.1) is 6.54 Å². The quantitative estimate of drug-likeness (QED) is 0.834. The van der Waals surface area contributed by atoms with Crippen LogP contribution in [-0.2, 0) is 16.6 Å². The van der Waals surface area contributed by atoms with E-state index in [-0.39, 0.29) is 5.09 Å². The van der Waals surface area contributed by atoms with E-state index in [1.165, 1.54) is 32.4 Å². The zero-order chi connectivity index (χ0) is 13.9. The van der Waals surface area contributed by atoms with Crippen molar-refractivity contribution < 1.29 is 12.8 Å². The highest BCUT2D eigenvalue weighted by Crippen LogP contribution is 2.28. The fourth-order valence-corrected chi connectivity index (χ4v) is 4.00. The summed E-state index contributed by atoms with van der Waals surface area (Å²) in [6.07, 6.45) is 5.81. The Balaban J connectivity index is 1.94. The predicted octanol–water partition coefficient (Wildman–Crippen LogP) is 1.56. The van der Waals surface area contributed by atoms with Crippen molar-refractivity contribution in [1.29, 1.82) is 0 Å². The molecule has 0 amide bonds. The topological polar surface area (TPSA) is 71.3 Å². The molecule has 2 atom stereocenters. The third-order valence-electron chi connectivity index (χ3n) is 3.46. The summed E-state index contributed by atoms with van der Waals surface area (Å²) in [5.41, 5.74) is 0. The van der Waals surface area contributed by atoms with Gasteiger partial charge in [-0.3, -0.25) is 0 Å². The van der Waals surface area contributed by atoms with Gasteiger partial charge in [0.25, 0.3) is 10.0 Å². The number of furan rings is 1. The van der Waals surface area contributed by atoms with Gasteiger partial charge in [0.2, 0.25) is 5.09 Å². The van der Waals surface area contributed by atoms with Crippen molar-refractivity contribution in [1.82, 2.24) is 10.0 Å². The van der Waals surface area contributed by atoms with E-state index < -0.39 is 10.0 Å². The molecule has 0 aromatic carbocycles. The Kier molecular flexibility index (Phi) is 4.94. The lowest BCUT2D eigenvalue weighted by atomic mass is 10.2. The van der Waals surface area contributed by atoms with Crippen molar-refractivity contribution in [3.63, 3.8) is 0 Å². The Labute approximate surface area is 118 Å². The second-order valence-corrected chi connectivity index (χ2v) is 7.52. The average Bonchev–Trinajstić information content (AvgIpc) is 3.05. The van der Waals surface area contributed by atoms with Gasteiger partial charge in [-0.05, 0) is 38.3 Å². The summed E-state index contributed by atoms with van der Waals surface area (Å²) in [6, 6.07) is 3.69. The minimum atomic E-state index is -3.48. The van der Waals surface area contributed by atoms with E-state index in [4.69, 9.17) is 4.42 Å². The van der Waals surface area contributed by atoms with Crippen molar-refractivity contribution >= 4 is 21.8 Å². The monoisotopic (exact) mass is 304 g/mol. The van der Waals surface area contributed by atoms with Crippen molar-refractivity contribution in [3.8, 4) is 0 Å². The normalized spacial score (nSPS) is 23.9. The van der Waals surface area contributed by atoms with Crippen LogP contribution in [-0.4, -0.2) is 33.0 Å². The van der Waals surface area contributed by atoms with Crippen LogP contribution in [0.5, 0.6) is 0 Å². The van der Waals surface area contributed by atoms with Crippen LogP contribution in [0.25, 0.3) is 0 Å². The smallest absolute Gasteiger partial charge is 0.273 e. The first-order valence-electron chi connectivity index (χ1n) is 6.35. The third kappa shape index (κ3) is 3.53. The van der Waals surface area contributed by atoms with Gasteiger partial charge in [-0.2, -0.15) is 11.8 Å². The van der Waals surface area contributed by atoms with E-state index in [1.807, 2.05) is 11.8 Å². The molecule has 1 aliphatic rings. The van der Waals surface area contributed by atoms with E-state index >= 15 is 0 Å². The van der Waals surface area contributed by atoms with Crippen LogP contribution in [0.1, 0.15) is 25.0 Å². The van der Waals surface area contributed by atoms with Gasteiger partial charge in [0.15, 0.2) is 0 Å². The van der Waals surface area contributed by atoms with Gasteiger partial charge in [-0.25, -0.2) is 13.1 Å². The van der Waals surface area contributed by atoms with Gasteiger partial charge in [-0.15, -0.1) is 0 Å². The summed E-state index contributed by atoms with van der Waals surface area (Å²) in [4.78, 5) is 0. The van der Waals surface area contributed by atoms with Crippen molar-refractivity contribution in [2.24, 2.45) is 0 Å². The summed E-state index contributed by atoms with van der Waals surface area (Å²) in [6.45, 7) is 0.570. The SMILES string of the molecule is CNS(=O)(=O)c1ccc(CNC2CCCC2SC)o1. The highest BCUT2D eigenvalue weighted by molar-refractivity contribution is 7.99. The highest BCUT2D eigenvalue weighted by Gasteiger charge is 2.26. The Morgan fingerprint density at radius 2 is 2.21 bits per heavy atom. The van der Waals surface area contributed by atoms with Gasteiger partial charge in [0.1, 0.15) is 5.76 Å². The molecule has 1 heterocycles. The molecule has 1 fully saturated rings. The largest absolute Gasteiger partial charge is 0.447 e. The second kappa shape index (κ2) is 6.30. The molecule has 1 aromatic rings. The van der Waals surface area contributed by atoms with Gasteiger partial charge in [-0.1, -0.05) is 6.42 Å². The molecular formula is C12H20N2O3S2. The highest BCUT2D eigenvalue weighted by atomic mass is 32.2. The fourth-order valence-electron chi connectivity index (χ4n) is 2.37. The number of nitrogens with one attached hydrogen (secondary N) is 2. The maximum absolute atomic E-state index is 11.5. The molecule has 0 spiro atoms. The fraction of sp³-hybridized carbons (Fsp3) is 0.667. The molecule has 1 aliphatic carbocycles. The van der Waals surface area contributed by atoms with Crippen LogP contribution in [0.4, 0.5) is 0 Å². The molecule has 0 radical (unpaired) electrons. The number of thioether (sulfide) groups is 1. The van der Waals surface area contributed by atoms with Crippen molar-refractivity contribution in [2.45, 2.75) is 42.2 Å². The maximum atomic E-state index is 11.5. The van der Waals surface area contributed by atoms with E-state index in [9.17, 15) is 8.42 Å². The van der Waals surface area contributed by atoms with Gasteiger partial charge < -0.3 is 9.73 Å². The van der Waals surface area contributed by atoms with Crippen LogP contribution in [0.3, 0.4) is 0 Å². The van der Waals surface area contributed by atoms with E-state index in [0.717, 1.165) is 0 Å². The second-order valence-electron chi connectivity index (χ2n) is 4.62. The summed E-state index contributed by atoms with van der Waals surface area (Å²) in [7, 11) is -2.11. The van der Waals surface area contributed by atoms with Crippen LogP contribution in [0.2, 0.25) is 0 Å². The molecule has 108 valence electrons. The predicted molar refractivity (Wildman–Crippen MR) is 76.7 cm³/mol. The van der Waals surface area contributed by atoms with Crippen LogP contribution in [0.15, 0.2) is 21.6 Å². The standard InChI is InChI=1S/C12H20N2O3S2/c1-13-19(15,16)12-7-6-9(17-12)8-14-10-4-3-5-11(10)18-2/h6-7,10-11,13-14H,3-5,8H2,1-2H3. The molecule has 1 aromatic heterocycles. The number of sulfonamides is 1. The number of rotatable bonds is 6. The molecule has 0 bridgehead atoms. The zero-order valence-electron chi connectivity index (χ0n) is 11.2. The van der Waals surface area contributed by atoms with Crippen LogP contribution < -0.4 is 10.0 Å². The first kappa shape index (κ1) is 14.9. The first-order valence-corrected chi connectivity index (χ1v) is 9.12. The molecule has 5 nitrogen and oxygen atoms in total. The molecular weight excluding hydrogens is 284 g/mol. The van der Waals surface area contributed by atoms with E-state index in [0.29, 0.717) is 23.6 Å². The number of hydrogen-bond donors (Lipinski definition) is 2. The lowest BCUT2D eigenvalue weighted by Gasteiger charge is -2.18. The Hall–Kier alpha value is -0.500. The zero-order valence-corrected chi connectivity index (χ0v) is 12.8. The third-order valence-corrected chi connectivity index (χ3v) is 5.92. The van der Waals surface area contributed by atoms with Crippen molar-refractivity contribution in [3.05, 3.63) is 17.9 Å². The maximum Gasteiger partial charge on any atom is 0.273 e. The molecule has 2 N–H and O–H groups in total. The molecule has 2 rings (SSSR count). The Bertz CT molecular complexity index is 513. The lowest BCUT2D eigenvalue weighted by Crippen LogP contribution is -2.33. The summed E-state index contributed by atoms with van der Waals surface area (Å²) in [5, 5.41) is 4.07. The van der Waals surface area contributed by atoms with E-state index in [1.54, 1.807) is 6.07 Å². The number of hydrogen-bond acceptors (Lipinski definition) is 5. The Morgan fingerprint density at radius 1 is 1.42 bits per heavy atom. The van der Waals surface area contributed by atoms with E-state index in [2.05, 4.69) is 16.3 Å². The van der Waals surface area contributed by atoms with Gasteiger partial charge in [0, 0.05) is 11.3 Å². The molecule has 2 unspecified atom stereocenters. The molecule has 7 heteroatoms. The summed E-state index contributed by atoms with van der Waals surface area (Å²) >= 11 is 1.89.